The second kappa shape index (κ2) is 13.7. The summed E-state index contributed by atoms with van der Waals surface area (Å²) < 4.78 is 134. The van der Waals surface area contributed by atoms with Crippen LogP contribution in [0.2, 0.25) is 0 Å². The van der Waals surface area contributed by atoms with E-state index in [0.29, 0.717) is 12.1 Å². The Hall–Kier alpha value is -4.62. The van der Waals surface area contributed by atoms with Crippen LogP contribution in [0.3, 0.4) is 0 Å². The number of nitrogens with zero attached hydrogens (tertiary/aromatic N) is 6. The van der Waals surface area contributed by atoms with Gasteiger partial charge in [-0.05, 0) is 79.9 Å². The largest absolute Gasteiger partial charge is 0.468 e. The molecule has 1 aliphatic heterocycles. The van der Waals surface area contributed by atoms with Crippen molar-refractivity contribution in [2.45, 2.75) is 83.0 Å². The second-order valence-electron chi connectivity index (χ2n) is 11.5. The molecule has 0 spiro atoms. The van der Waals surface area contributed by atoms with Crippen LogP contribution in [0.5, 0.6) is 0 Å². The molecule has 0 aliphatic carbocycles. The first kappa shape index (κ1) is 37.2. The number of hydrogen-bond donors (Lipinski definition) is 1. The summed E-state index contributed by atoms with van der Waals surface area (Å²) in [5.74, 6) is -1.32. The van der Waals surface area contributed by atoms with Gasteiger partial charge in [-0.3, -0.25) is 9.69 Å². The number of esters is 1. The Bertz CT molecular complexity index is 1640. The number of carbonyl (C=O) groups excluding carboxylic acids is 2. The third-order valence-corrected chi connectivity index (χ3v) is 7.45. The fourth-order valence-corrected chi connectivity index (χ4v) is 5.30. The first-order valence-electron chi connectivity index (χ1n) is 14.5. The fraction of sp³-hybridized carbons (Fsp3) is 0.483. The van der Waals surface area contributed by atoms with Crippen LogP contribution in [-0.2, 0) is 45.9 Å². The molecule has 2 N–H and O–H groups in total. The van der Waals surface area contributed by atoms with E-state index < -0.39 is 96.1 Å². The van der Waals surface area contributed by atoms with Gasteiger partial charge in [-0.15, -0.1) is 5.10 Å². The molecule has 268 valence electrons. The zero-order valence-corrected chi connectivity index (χ0v) is 26.2. The minimum Gasteiger partial charge on any atom is -0.468 e. The smallest absolute Gasteiger partial charge is 0.416 e. The van der Waals surface area contributed by atoms with Gasteiger partial charge >= 0.3 is 30.6 Å². The van der Waals surface area contributed by atoms with E-state index in [1.54, 1.807) is 13.8 Å². The highest BCUT2D eigenvalue weighted by Crippen LogP contribution is 2.45. The highest BCUT2D eigenvalue weighted by Gasteiger charge is 2.42. The number of ether oxygens (including phenoxy) is 2. The fourth-order valence-electron chi connectivity index (χ4n) is 5.30. The number of alkyl halides is 9. The maximum atomic E-state index is 14.0. The van der Waals surface area contributed by atoms with E-state index >= 15 is 0 Å². The third-order valence-electron chi connectivity index (χ3n) is 7.45. The molecular formula is C29H30F9N7O4. The first-order chi connectivity index (χ1) is 22.6. The molecule has 2 unspecified atom stereocenters. The SMILES string of the molecule is COC(=O)[C@H](N)Cn1nnc(N(Cc2cc(C(F)(F)F)cc(C(F)(F)F)c2)C2CC(C)N(C(=O)OC(C)C)c3ccc(C(F)(F)F)cc32)n1. The molecule has 2 aromatic carbocycles. The predicted molar refractivity (Wildman–Crippen MR) is 153 cm³/mol. The maximum Gasteiger partial charge on any atom is 0.416 e. The van der Waals surface area contributed by atoms with Crippen molar-refractivity contribution < 1.29 is 58.6 Å². The average Bonchev–Trinajstić information content (AvgIpc) is 3.44. The van der Waals surface area contributed by atoms with Crippen LogP contribution in [-0.4, -0.2) is 57.6 Å². The summed E-state index contributed by atoms with van der Waals surface area (Å²) in [6, 6.07) is -0.114. The molecule has 1 aliphatic rings. The van der Waals surface area contributed by atoms with E-state index in [-0.39, 0.29) is 23.7 Å². The van der Waals surface area contributed by atoms with Crippen LogP contribution < -0.4 is 15.5 Å². The standard InChI is InChI=1S/C29H30F9N7O4/c1-14(2)49-26(47)45-15(3)7-23(20-11-17(27(30,31)32)5-6-22(20)45)43(25-40-42-44(41-25)13-21(39)24(46)48-4)12-16-8-18(28(33,34)35)10-19(9-16)29(36,37)38/h5-6,8-11,14-15,21,23H,7,12-13,39H2,1-4H3/t15?,21-,23?/m1/s1. The van der Waals surface area contributed by atoms with Crippen molar-refractivity contribution in [1.82, 2.24) is 20.2 Å². The second-order valence-corrected chi connectivity index (χ2v) is 11.5. The molecule has 3 atom stereocenters. The number of nitrogens with two attached hydrogens (primary N) is 1. The maximum absolute atomic E-state index is 14.0. The molecule has 0 fully saturated rings. The Labute approximate surface area is 272 Å². The van der Waals surface area contributed by atoms with E-state index in [2.05, 4.69) is 20.1 Å². The topological polar surface area (TPSA) is 129 Å². The first-order valence-corrected chi connectivity index (χ1v) is 14.5. The Morgan fingerprint density at radius 1 is 0.959 bits per heavy atom. The van der Waals surface area contributed by atoms with Gasteiger partial charge in [0.25, 0.3) is 5.95 Å². The predicted octanol–water partition coefficient (Wildman–Crippen LogP) is 6.12. The zero-order valence-electron chi connectivity index (χ0n) is 26.2. The lowest BCUT2D eigenvalue weighted by molar-refractivity contribution is -0.144. The lowest BCUT2D eigenvalue weighted by atomic mass is 9.89. The molecule has 20 heteroatoms. The van der Waals surface area contributed by atoms with Crippen molar-refractivity contribution >= 4 is 23.7 Å². The molecule has 4 rings (SSSR count). The van der Waals surface area contributed by atoms with Crippen LogP contribution in [0.15, 0.2) is 36.4 Å². The van der Waals surface area contributed by atoms with Crippen LogP contribution in [0.25, 0.3) is 0 Å². The Kier molecular flexibility index (Phi) is 10.4. The summed E-state index contributed by atoms with van der Waals surface area (Å²) in [5, 5.41) is 11.7. The van der Waals surface area contributed by atoms with Gasteiger partial charge in [0.05, 0.1) is 48.2 Å². The van der Waals surface area contributed by atoms with E-state index in [9.17, 15) is 49.1 Å². The normalized spacial score (nSPS) is 17.5. The molecular weight excluding hydrogens is 681 g/mol. The van der Waals surface area contributed by atoms with Gasteiger partial charge in [-0.25, -0.2) is 4.79 Å². The number of anilines is 2. The van der Waals surface area contributed by atoms with E-state index in [0.717, 1.165) is 39.9 Å². The minimum atomic E-state index is -5.20. The molecule has 1 amide bonds. The summed E-state index contributed by atoms with van der Waals surface area (Å²) in [5.41, 5.74) is 0.559. The summed E-state index contributed by atoms with van der Waals surface area (Å²) in [4.78, 5) is 28.0. The molecule has 11 nitrogen and oxygen atoms in total. The van der Waals surface area contributed by atoms with Crippen molar-refractivity contribution in [2.75, 3.05) is 16.9 Å². The third kappa shape index (κ3) is 8.52. The molecule has 2 heterocycles. The van der Waals surface area contributed by atoms with Gasteiger partial charge in [-0.2, -0.15) is 44.3 Å². The lowest BCUT2D eigenvalue weighted by Gasteiger charge is -2.43. The monoisotopic (exact) mass is 711 g/mol. The number of carbonyl (C=O) groups is 2. The van der Waals surface area contributed by atoms with Crippen molar-refractivity contribution in [2.24, 2.45) is 5.73 Å². The Balaban J connectivity index is 1.93. The van der Waals surface area contributed by atoms with Crippen LogP contribution >= 0.6 is 0 Å². The van der Waals surface area contributed by atoms with Gasteiger partial charge in [0.15, 0.2) is 0 Å². The van der Waals surface area contributed by atoms with E-state index in [1.165, 1.54) is 6.92 Å². The molecule has 3 aromatic rings. The number of methoxy groups -OCH3 is 1. The van der Waals surface area contributed by atoms with Crippen LogP contribution in [0, 0.1) is 0 Å². The van der Waals surface area contributed by atoms with Crippen molar-refractivity contribution in [3.63, 3.8) is 0 Å². The summed E-state index contributed by atoms with van der Waals surface area (Å²) >= 11 is 0. The highest BCUT2D eigenvalue weighted by atomic mass is 19.4. The zero-order chi connectivity index (χ0) is 36.6. The van der Waals surface area contributed by atoms with Crippen LogP contribution in [0.1, 0.15) is 61.1 Å². The van der Waals surface area contributed by atoms with Gasteiger partial charge in [0.2, 0.25) is 0 Å². The average molecular weight is 712 g/mol. The van der Waals surface area contributed by atoms with Crippen molar-refractivity contribution in [1.29, 1.82) is 0 Å². The van der Waals surface area contributed by atoms with Crippen LogP contribution in [0.4, 0.5) is 55.9 Å². The molecule has 0 saturated heterocycles. The van der Waals surface area contributed by atoms with E-state index in [1.807, 2.05) is 0 Å². The van der Waals surface area contributed by atoms with Crippen molar-refractivity contribution in [3.05, 3.63) is 64.2 Å². The number of rotatable bonds is 8. The summed E-state index contributed by atoms with van der Waals surface area (Å²) in [7, 11) is 1.06. The number of aromatic nitrogens is 4. The van der Waals surface area contributed by atoms with Gasteiger partial charge in [0, 0.05) is 12.6 Å². The highest BCUT2D eigenvalue weighted by molar-refractivity contribution is 5.90. The summed E-state index contributed by atoms with van der Waals surface area (Å²) in [6.07, 6.45) is -17.0. The minimum absolute atomic E-state index is 0.0625. The Morgan fingerprint density at radius 2 is 1.55 bits per heavy atom. The van der Waals surface area contributed by atoms with Gasteiger partial charge in [0.1, 0.15) is 6.04 Å². The molecule has 0 bridgehead atoms. The van der Waals surface area contributed by atoms with Gasteiger partial charge < -0.3 is 20.1 Å². The number of fused-ring (bicyclic) bond motifs is 1. The number of halogens is 9. The molecule has 0 saturated carbocycles. The molecule has 1 aromatic heterocycles. The lowest BCUT2D eigenvalue weighted by Crippen LogP contribution is -2.47. The molecule has 49 heavy (non-hydrogen) atoms. The number of amides is 1. The quantitative estimate of drug-likeness (QED) is 0.217. The van der Waals surface area contributed by atoms with E-state index in [4.69, 9.17) is 10.5 Å². The number of tetrazole rings is 1. The molecule has 0 radical (unpaired) electrons. The number of benzene rings is 2. The number of hydrogen-bond acceptors (Lipinski definition) is 9. The Morgan fingerprint density at radius 3 is 2.08 bits per heavy atom. The van der Waals surface area contributed by atoms with Crippen molar-refractivity contribution in [3.8, 4) is 0 Å². The summed E-state index contributed by atoms with van der Waals surface area (Å²) in [6.45, 7) is 3.40. The van der Waals surface area contributed by atoms with Gasteiger partial charge in [-0.1, -0.05) is 5.10 Å².